The van der Waals surface area contributed by atoms with E-state index in [9.17, 15) is 66.6 Å². The van der Waals surface area contributed by atoms with Crippen LogP contribution in [0.3, 0.4) is 0 Å². The van der Waals surface area contributed by atoms with Gasteiger partial charge in [-0.05, 0) is 0 Å². The molecule has 0 amide bonds. The van der Waals surface area contributed by atoms with Gasteiger partial charge in [-0.25, -0.2) is 32.0 Å². The summed E-state index contributed by atoms with van der Waals surface area (Å²) in [5.74, 6) is 0. The van der Waals surface area contributed by atoms with E-state index in [1.165, 1.54) is 0 Å². The molecule has 1 aliphatic rings. The number of hydrogen-bond acceptors (Lipinski definition) is 16. The van der Waals surface area contributed by atoms with E-state index in [0.29, 0.717) is 0 Å². The first-order chi connectivity index (χ1) is 17.3. The molecule has 27 nitrogen and oxygen atoms in total. The van der Waals surface area contributed by atoms with Crippen molar-refractivity contribution in [1.82, 2.24) is 0 Å². The molecule has 0 heterocycles. The van der Waals surface area contributed by atoms with Gasteiger partial charge >= 0.3 is 54.8 Å². The van der Waals surface area contributed by atoms with Crippen molar-refractivity contribution >= 4 is 54.8 Å². The molecule has 0 bridgehead atoms. The lowest BCUT2D eigenvalue weighted by Gasteiger charge is -2.46. The molecular weight excluding hydrogens is 721 g/mol. The van der Waals surface area contributed by atoms with Gasteiger partial charge in [0.25, 0.3) is 0 Å². The van der Waals surface area contributed by atoms with E-state index in [4.69, 9.17) is 29.4 Å². The second-order valence-corrected chi connectivity index (χ2v) is 16.4. The van der Waals surface area contributed by atoms with Crippen LogP contribution in [0, 0.1) is 0 Å². The minimum absolute atomic E-state index is 3.07. The van der Waals surface area contributed by atoms with E-state index in [1.54, 1.807) is 0 Å². The lowest BCUT2D eigenvalue weighted by atomic mass is 9.85. The number of phosphoric acid groups is 7. The van der Waals surface area contributed by atoms with Crippen molar-refractivity contribution in [2.75, 3.05) is 0 Å². The molecule has 0 saturated heterocycles. The Kier molecular flexibility index (Phi) is 12.7. The summed E-state index contributed by atoms with van der Waals surface area (Å²) < 4.78 is 107. The van der Waals surface area contributed by atoms with E-state index in [2.05, 4.69) is 31.0 Å². The van der Waals surface area contributed by atoms with Crippen molar-refractivity contribution in [2.24, 2.45) is 0 Å². The Morgan fingerprint density at radius 3 is 0.800 bits per heavy atom. The van der Waals surface area contributed by atoms with Gasteiger partial charge in [0, 0.05) is 0 Å². The zero-order chi connectivity index (χ0) is 31.9. The van der Waals surface area contributed by atoms with Crippen LogP contribution < -0.4 is 0 Å². The molecule has 1 saturated carbocycles. The van der Waals surface area contributed by atoms with Gasteiger partial charge in [0.15, 0.2) is 0 Å². The minimum atomic E-state index is -6.36. The molecule has 9 atom stereocenters. The summed E-state index contributed by atoms with van der Waals surface area (Å²) in [7, 11) is -43.0. The van der Waals surface area contributed by atoms with Gasteiger partial charge in [0.2, 0.25) is 0 Å². The van der Waals surface area contributed by atoms with Crippen molar-refractivity contribution in [3.8, 4) is 0 Å². The highest BCUT2D eigenvalue weighted by Gasteiger charge is 2.60. The average molecular weight is 740 g/mol. The summed E-state index contributed by atoms with van der Waals surface area (Å²) in [5.41, 5.74) is 0. The maximum Gasteiger partial charge on any atom is 0.481 e. The van der Waals surface area contributed by atoms with E-state index in [-0.39, 0.29) is 0 Å². The number of hydrogen-bond donors (Lipinski definition) is 13. The molecule has 240 valence electrons. The van der Waals surface area contributed by atoms with Crippen LogP contribution in [-0.4, -0.2) is 101 Å². The van der Waals surface area contributed by atoms with Crippen molar-refractivity contribution in [3.63, 3.8) is 0 Å². The van der Waals surface area contributed by atoms with Gasteiger partial charge in [-0.2, -0.15) is 12.9 Å². The number of rotatable bonds is 14. The molecular formula is C6H19O27P7. The van der Waals surface area contributed by atoms with Crippen LogP contribution in [0.25, 0.3) is 0 Å². The highest BCUT2D eigenvalue weighted by molar-refractivity contribution is 7.61. The van der Waals surface area contributed by atoms with Crippen LogP contribution in [0.5, 0.6) is 0 Å². The third kappa shape index (κ3) is 14.1. The molecule has 0 aliphatic heterocycles. The zero-order valence-electron chi connectivity index (χ0n) is 18.1. The predicted molar refractivity (Wildman–Crippen MR) is 112 cm³/mol. The van der Waals surface area contributed by atoms with Crippen molar-refractivity contribution in [1.29, 1.82) is 0 Å². The van der Waals surface area contributed by atoms with E-state index in [1.807, 2.05) is 0 Å². The summed E-state index contributed by atoms with van der Waals surface area (Å²) in [6, 6.07) is 0. The molecule has 0 aromatic heterocycles. The highest BCUT2D eigenvalue weighted by Crippen LogP contribution is 2.64. The van der Waals surface area contributed by atoms with Crippen LogP contribution in [0.2, 0.25) is 0 Å². The molecule has 40 heavy (non-hydrogen) atoms. The van der Waals surface area contributed by atoms with Gasteiger partial charge < -0.3 is 64.0 Å². The van der Waals surface area contributed by atoms with Gasteiger partial charge in [-0.15, -0.1) is 0 Å². The topological polar surface area (TPSA) is 447 Å². The van der Waals surface area contributed by atoms with E-state index >= 15 is 0 Å². The molecule has 1 aliphatic carbocycles. The largest absolute Gasteiger partial charge is 0.481 e. The summed E-state index contributed by atoms with van der Waals surface area (Å²) in [5, 5.41) is 20.6. The summed E-state index contributed by atoms with van der Waals surface area (Å²) in [6.45, 7) is 0. The fraction of sp³-hybridized carbons (Fsp3) is 1.00. The molecule has 3 unspecified atom stereocenters. The van der Waals surface area contributed by atoms with E-state index in [0.717, 1.165) is 0 Å². The molecule has 0 spiro atoms. The predicted octanol–water partition coefficient (Wildman–Crippen LogP) is -3.02. The van der Waals surface area contributed by atoms with Crippen LogP contribution in [0.4, 0.5) is 0 Å². The average Bonchev–Trinajstić information content (AvgIpc) is 2.58. The summed E-state index contributed by atoms with van der Waals surface area (Å²) in [6.07, 6.45) is -19.0. The Bertz CT molecular complexity index is 1230. The Morgan fingerprint density at radius 1 is 0.350 bits per heavy atom. The van der Waals surface area contributed by atoms with Gasteiger partial charge in [0.1, 0.15) is 36.6 Å². The molecule has 34 heteroatoms. The molecule has 0 radical (unpaired) electrons. The Balaban J connectivity index is 3.79. The minimum Gasteiger partial charge on any atom is -0.387 e. The van der Waals surface area contributed by atoms with Gasteiger partial charge in [-0.1, -0.05) is 0 Å². The van der Waals surface area contributed by atoms with E-state index < -0.39 is 91.4 Å². The smallest absolute Gasteiger partial charge is 0.387 e. The zero-order valence-corrected chi connectivity index (χ0v) is 24.4. The van der Waals surface area contributed by atoms with Crippen LogP contribution >= 0.6 is 54.8 Å². The molecule has 1 rings (SSSR count). The fourth-order valence-corrected chi connectivity index (χ4v) is 8.61. The molecule has 1 fully saturated rings. The number of aliphatic hydroxyl groups excluding tert-OH is 2. The quantitative estimate of drug-likeness (QED) is 0.0788. The summed E-state index contributed by atoms with van der Waals surface area (Å²) >= 11 is 0. The first-order valence-electron chi connectivity index (χ1n) is 8.76. The number of phosphoric ester groups is 4. The van der Waals surface area contributed by atoms with Crippen molar-refractivity contribution in [2.45, 2.75) is 36.6 Å². The normalized spacial score (nSPS) is 31.6. The lowest BCUT2D eigenvalue weighted by molar-refractivity contribution is -0.208. The maximum atomic E-state index is 12.1. The third-order valence-corrected chi connectivity index (χ3v) is 10.7. The number of aliphatic hydroxyl groups is 2. The monoisotopic (exact) mass is 740 g/mol. The molecule has 0 aromatic carbocycles. The maximum absolute atomic E-state index is 12.1. The highest BCUT2D eigenvalue weighted by atomic mass is 31.3. The summed E-state index contributed by atoms with van der Waals surface area (Å²) in [4.78, 5) is 99.5. The van der Waals surface area contributed by atoms with Gasteiger partial charge in [0.05, 0.1) is 0 Å². The van der Waals surface area contributed by atoms with Crippen LogP contribution in [0.1, 0.15) is 0 Å². The molecule has 13 N–H and O–H groups in total. The SMILES string of the molecule is O=P(O)(O)O[C@@H]1[C@@H](OP(=O)(O)OP(=O)(O)O)[C@H](OP(=O)(O)OP(=O)(O)O)[C@H](O)[C@H](O)[C@H]1OP(=O)(O)OP(=O)(O)O. The fourth-order valence-electron chi connectivity index (χ4n) is 2.72. The van der Waals surface area contributed by atoms with Crippen molar-refractivity contribution in [3.05, 3.63) is 0 Å². The third-order valence-electron chi connectivity index (χ3n) is 3.65. The van der Waals surface area contributed by atoms with Gasteiger partial charge in [-0.3, -0.25) is 18.1 Å². The van der Waals surface area contributed by atoms with Crippen LogP contribution in [-0.2, 0) is 63.0 Å². The lowest BCUT2D eigenvalue weighted by Crippen LogP contribution is -2.65. The Morgan fingerprint density at radius 2 is 0.575 bits per heavy atom. The first-order valence-corrected chi connectivity index (χ1v) is 19.4. The standard InChI is InChI=1S/C6H19O27P7/c7-1-2(8)4(29-39(23,24)32-36(15,16)17)6(30-40(25,26)33-37(18,19)20)5(27-34(9,10)11)3(1)28-38(21,22)31-35(12,13)14/h1-8H,(H,21,22)(H,23,24)(H,25,26)(H2,9,10,11)(H2,12,13,14)(H2,15,16,17)(H2,18,19,20)/t1-,2+,3+,4+,5-,6-/m0/s1. The molecule has 0 aromatic rings. The second-order valence-electron chi connectivity index (χ2n) is 6.87. The van der Waals surface area contributed by atoms with Crippen molar-refractivity contribution < 1.29 is 127 Å². The Labute approximate surface area is 219 Å². The first kappa shape index (κ1) is 38.8. The second kappa shape index (κ2) is 13.0. The Hall–Kier alpha value is 0.810. The van der Waals surface area contributed by atoms with Crippen LogP contribution in [0.15, 0.2) is 0 Å².